The van der Waals surface area contributed by atoms with Crippen molar-refractivity contribution in [3.63, 3.8) is 0 Å². The van der Waals surface area contributed by atoms with Crippen LogP contribution in [0.2, 0.25) is 0 Å². The van der Waals surface area contributed by atoms with E-state index in [1.54, 1.807) is 19.9 Å². The highest BCUT2D eigenvalue weighted by Gasteiger charge is 2.69. The number of ether oxygens (including phenoxy) is 1. The van der Waals surface area contributed by atoms with Crippen LogP contribution in [0.4, 0.5) is 0 Å². The van der Waals surface area contributed by atoms with Crippen LogP contribution in [-0.4, -0.2) is 72.9 Å². The Labute approximate surface area is 219 Å². The predicted molar refractivity (Wildman–Crippen MR) is 134 cm³/mol. The Bertz CT molecular complexity index is 1010. The summed E-state index contributed by atoms with van der Waals surface area (Å²) >= 11 is 0. The lowest BCUT2D eigenvalue weighted by Crippen LogP contribution is -2.63. The lowest BCUT2D eigenvalue weighted by atomic mass is 9.45. The van der Waals surface area contributed by atoms with E-state index in [4.69, 9.17) is 4.74 Å². The number of ketones is 1. The lowest BCUT2D eigenvalue weighted by molar-refractivity contribution is -0.178. The molecule has 5 rings (SSSR count). The van der Waals surface area contributed by atoms with Crippen LogP contribution in [0.5, 0.6) is 0 Å². The van der Waals surface area contributed by atoms with E-state index in [1.165, 1.54) is 0 Å². The molecule has 37 heavy (non-hydrogen) atoms. The first-order valence-corrected chi connectivity index (χ1v) is 14.0. The Hall–Kier alpha value is -1.32. The fourth-order valence-corrected chi connectivity index (χ4v) is 9.39. The first-order valence-electron chi connectivity index (χ1n) is 14.0. The quantitative estimate of drug-likeness (QED) is 0.354. The van der Waals surface area contributed by atoms with Gasteiger partial charge in [-0.2, -0.15) is 0 Å². The zero-order chi connectivity index (χ0) is 27.3. The van der Waals surface area contributed by atoms with Gasteiger partial charge in [0.25, 0.3) is 0 Å². The second-order valence-corrected chi connectivity index (χ2v) is 13.7. The molecule has 208 valence electrons. The topological polar surface area (TPSA) is 145 Å². The highest BCUT2D eigenvalue weighted by atomic mass is 16.6. The molecule has 5 aliphatic rings. The summed E-state index contributed by atoms with van der Waals surface area (Å²) in [5, 5.41) is 56.2. The number of cyclic esters (lactones) is 1. The predicted octanol–water partition coefficient (Wildman–Crippen LogP) is 1.89. The molecule has 4 fully saturated rings. The van der Waals surface area contributed by atoms with E-state index < -0.39 is 52.2 Å². The molecule has 0 aromatic carbocycles. The number of hydrogen-bond donors (Lipinski definition) is 5. The number of hydrogen-bond acceptors (Lipinski definition) is 8. The average Bonchev–Trinajstić information content (AvgIpc) is 3.23. The van der Waals surface area contributed by atoms with Gasteiger partial charge >= 0.3 is 5.97 Å². The Morgan fingerprint density at radius 1 is 1.11 bits per heavy atom. The summed E-state index contributed by atoms with van der Waals surface area (Å²) in [5.74, 6) is -1.88. The maximum Gasteiger partial charge on any atom is 0.309 e. The Morgan fingerprint density at radius 2 is 1.78 bits per heavy atom. The zero-order valence-electron chi connectivity index (χ0n) is 22.7. The van der Waals surface area contributed by atoms with Crippen molar-refractivity contribution in [1.29, 1.82) is 0 Å². The van der Waals surface area contributed by atoms with Crippen LogP contribution >= 0.6 is 0 Å². The molecule has 0 amide bonds. The Morgan fingerprint density at radius 3 is 2.41 bits per heavy atom. The second-order valence-electron chi connectivity index (χ2n) is 13.7. The van der Waals surface area contributed by atoms with Crippen molar-refractivity contribution < 1.29 is 39.9 Å². The summed E-state index contributed by atoms with van der Waals surface area (Å²) < 4.78 is 5.34. The smallest absolute Gasteiger partial charge is 0.309 e. The van der Waals surface area contributed by atoms with Gasteiger partial charge in [0, 0.05) is 17.3 Å². The molecule has 8 heteroatoms. The number of aliphatic hydroxyl groups is 5. The third-order valence-electron chi connectivity index (χ3n) is 11.9. The van der Waals surface area contributed by atoms with Gasteiger partial charge in [-0.3, -0.25) is 9.59 Å². The molecule has 0 unspecified atom stereocenters. The lowest BCUT2D eigenvalue weighted by Gasteiger charge is -2.60. The monoisotopic (exact) mass is 520 g/mol. The van der Waals surface area contributed by atoms with Crippen LogP contribution in [0.1, 0.15) is 79.6 Å². The number of aliphatic hydroxyl groups excluding tert-OH is 3. The number of allylic oxidation sites excluding steroid dienone is 1. The molecular formula is C29H44O8. The first-order chi connectivity index (χ1) is 17.1. The van der Waals surface area contributed by atoms with Crippen molar-refractivity contribution in [1.82, 2.24) is 0 Å². The molecular weight excluding hydrogens is 476 g/mol. The maximum atomic E-state index is 13.3. The minimum atomic E-state index is -1.52. The molecule has 3 saturated carbocycles. The van der Waals surface area contributed by atoms with E-state index in [0.29, 0.717) is 37.7 Å². The summed E-state index contributed by atoms with van der Waals surface area (Å²) in [6.45, 7) is 9.21. The Balaban J connectivity index is 1.44. The summed E-state index contributed by atoms with van der Waals surface area (Å²) in [6.07, 6.45) is 1.21. The van der Waals surface area contributed by atoms with Crippen molar-refractivity contribution in [2.45, 2.75) is 115 Å². The van der Waals surface area contributed by atoms with Gasteiger partial charge in [-0.05, 0) is 87.7 Å². The average molecular weight is 521 g/mol. The van der Waals surface area contributed by atoms with Gasteiger partial charge in [0.15, 0.2) is 5.78 Å². The third kappa shape index (κ3) is 3.65. The second kappa shape index (κ2) is 8.59. The summed E-state index contributed by atoms with van der Waals surface area (Å²) in [5.41, 5.74) is -3.47. The van der Waals surface area contributed by atoms with Gasteiger partial charge in [-0.25, -0.2) is 0 Å². The molecule has 1 heterocycles. The SMILES string of the molecule is C[C@@H]1C(=O)O[C@H](C)[C@@H]1C[C@@H](O)[C@](C)(O)[C@H]1CC[C@@]2(O)C3=CC(=O)[C@@H]4C[C@@H](O)[C@@H](O)C[C@]4(C)[C@H]3CC[C@]12C. The summed E-state index contributed by atoms with van der Waals surface area (Å²) in [6, 6.07) is 0. The van der Waals surface area contributed by atoms with Crippen LogP contribution in [-0.2, 0) is 14.3 Å². The van der Waals surface area contributed by atoms with Crippen molar-refractivity contribution in [2.75, 3.05) is 0 Å². The molecule has 5 N–H and O–H groups in total. The van der Waals surface area contributed by atoms with Crippen molar-refractivity contribution in [3.05, 3.63) is 11.6 Å². The molecule has 0 radical (unpaired) electrons. The van der Waals surface area contributed by atoms with E-state index in [9.17, 15) is 35.1 Å². The van der Waals surface area contributed by atoms with Crippen molar-refractivity contribution >= 4 is 11.8 Å². The van der Waals surface area contributed by atoms with Crippen LogP contribution in [0.3, 0.4) is 0 Å². The molecule has 0 aromatic rings. The third-order valence-corrected chi connectivity index (χ3v) is 11.9. The zero-order valence-corrected chi connectivity index (χ0v) is 22.7. The minimum absolute atomic E-state index is 0.104. The van der Waals surface area contributed by atoms with Crippen molar-refractivity contribution in [2.24, 2.45) is 40.4 Å². The van der Waals surface area contributed by atoms with Crippen LogP contribution in [0.15, 0.2) is 11.6 Å². The van der Waals surface area contributed by atoms with Crippen molar-refractivity contribution in [3.8, 4) is 0 Å². The molecule has 8 nitrogen and oxygen atoms in total. The summed E-state index contributed by atoms with van der Waals surface area (Å²) in [7, 11) is 0. The van der Waals surface area contributed by atoms with Gasteiger partial charge in [0.2, 0.25) is 0 Å². The molecule has 13 atom stereocenters. The van der Waals surface area contributed by atoms with Gasteiger partial charge in [0.05, 0.1) is 35.4 Å². The minimum Gasteiger partial charge on any atom is -0.462 e. The first kappa shape index (κ1) is 27.3. The molecule has 1 aliphatic heterocycles. The number of esters is 1. The Kier molecular flexibility index (Phi) is 6.33. The standard InChI is InChI=1S/C29H44O8/c1-14-16(15(2)37-25(14)34)10-24(33)28(5,35)23-7-9-29(36)18-11-20(30)19-12-21(31)22(32)13-26(19,3)17(18)6-8-27(23,29)4/h11,14-17,19,21-24,31-33,35-36H,6-10,12-13H2,1-5H3/t14-,15+,16+,17-,19-,21+,22-,23-,24+,26+,27+,28+,29+/m0/s1. The number of rotatable bonds is 4. The van der Waals surface area contributed by atoms with E-state index in [-0.39, 0.29) is 48.5 Å². The molecule has 0 spiro atoms. The largest absolute Gasteiger partial charge is 0.462 e. The van der Waals surface area contributed by atoms with E-state index in [0.717, 1.165) is 0 Å². The van der Waals surface area contributed by atoms with Gasteiger partial charge in [-0.1, -0.05) is 20.8 Å². The molecule has 0 bridgehead atoms. The number of carbonyl (C=O) groups is 2. The normalized spacial score (nSPS) is 51.9. The number of carbonyl (C=O) groups excluding carboxylic acids is 2. The van der Waals surface area contributed by atoms with Crippen LogP contribution in [0.25, 0.3) is 0 Å². The maximum absolute atomic E-state index is 13.3. The van der Waals surface area contributed by atoms with Gasteiger partial charge in [0.1, 0.15) is 6.10 Å². The number of fused-ring (bicyclic) bond motifs is 5. The molecule has 4 aliphatic carbocycles. The van der Waals surface area contributed by atoms with E-state index in [2.05, 4.69) is 0 Å². The highest BCUT2D eigenvalue weighted by Crippen LogP contribution is 2.68. The fourth-order valence-electron chi connectivity index (χ4n) is 9.39. The highest BCUT2D eigenvalue weighted by molar-refractivity contribution is 5.95. The van der Waals surface area contributed by atoms with Crippen LogP contribution in [0, 0.1) is 40.4 Å². The van der Waals surface area contributed by atoms with Crippen LogP contribution < -0.4 is 0 Å². The van der Waals surface area contributed by atoms with Gasteiger partial charge in [-0.15, -0.1) is 0 Å². The van der Waals surface area contributed by atoms with E-state index >= 15 is 0 Å². The van der Waals surface area contributed by atoms with E-state index in [1.807, 2.05) is 20.8 Å². The van der Waals surface area contributed by atoms with Gasteiger partial charge < -0.3 is 30.3 Å². The summed E-state index contributed by atoms with van der Waals surface area (Å²) in [4.78, 5) is 25.4. The molecule has 0 aromatic heterocycles. The fraction of sp³-hybridized carbons (Fsp3) is 0.862. The molecule has 1 saturated heterocycles.